The predicted octanol–water partition coefficient (Wildman–Crippen LogP) is 3.39. The number of carbonyl (C=O) groups is 1. The summed E-state index contributed by atoms with van der Waals surface area (Å²) in [7, 11) is -1.50. The molecule has 1 amide bonds. The van der Waals surface area contributed by atoms with Crippen molar-refractivity contribution in [3.63, 3.8) is 0 Å². The fourth-order valence-electron chi connectivity index (χ4n) is 4.34. The number of anilines is 2. The van der Waals surface area contributed by atoms with Gasteiger partial charge in [0.15, 0.2) is 15.0 Å². The number of hydrogen-bond acceptors (Lipinski definition) is 6. The van der Waals surface area contributed by atoms with Gasteiger partial charge in [-0.15, -0.1) is 0 Å². The van der Waals surface area contributed by atoms with Crippen molar-refractivity contribution in [2.24, 2.45) is 4.99 Å². The van der Waals surface area contributed by atoms with Crippen LogP contribution in [0.4, 0.5) is 11.4 Å². The molecular weight excluding hydrogens is 458 g/mol. The Bertz CT molecular complexity index is 1130. The van der Waals surface area contributed by atoms with Crippen molar-refractivity contribution in [2.75, 3.05) is 41.5 Å². The van der Waals surface area contributed by atoms with Gasteiger partial charge in [-0.05, 0) is 55.8 Å². The van der Waals surface area contributed by atoms with Crippen LogP contribution in [-0.4, -0.2) is 62.5 Å². The number of rotatable bonds is 7. The molecule has 0 bridgehead atoms. The summed E-state index contributed by atoms with van der Waals surface area (Å²) in [5, 5.41) is 0.457. The quantitative estimate of drug-likeness (QED) is 0.592. The van der Waals surface area contributed by atoms with Crippen molar-refractivity contribution in [2.45, 2.75) is 31.6 Å². The van der Waals surface area contributed by atoms with Crippen molar-refractivity contribution in [3.05, 3.63) is 54.1 Å². The maximum atomic E-state index is 12.8. The van der Waals surface area contributed by atoms with Crippen molar-refractivity contribution in [1.82, 2.24) is 0 Å². The highest BCUT2D eigenvalue weighted by molar-refractivity contribution is 8.16. The first-order chi connectivity index (χ1) is 15.8. The second-order valence-electron chi connectivity index (χ2n) is 8.17. The molecule has 176 valence electrons. The number of hydrogen-bond donors (Lipinski definition) is 0. The monoisotopic (exact) mass is 487 g/mol. The molecular formula is C24H29N3O4S2. The minimum absolute atomic E-state index is 0.0775. The summed E-state index contributed by atoms with van der Waals surface area (Å²) in [5.41, 5.74) is 2.82. The van der Waals surface area contributed by atoms with Crippen molar-refractivity contribution in [3.8, 4) is 5.75 Å². The van der Waals surface area contributed by atoms with E-state index in [9.17, 15) is 13.2 Å². The molecule has 0 aromatic heterocycles. The highest BCUT2D eigenvalue weighted by Crippen LogP contribution is 2.41. The lowest BCUT2D eigenvalue weighted by atomic mass is 10.1. The van der Waals surface area contributed by atoms with Gasteiger partial charge in [0.05, 0.1) is 31.1 Å². The molecule has 2 aromatic rings. The highest BCUT2D eigenvalue weighted by Gasteiger charge is 2.49. The second kappa shape index (κ2) is 9.77. The van der Waals surface area contributed by atoms with Crippen LogP contribution in [0.25, 0.3) is 0 Å². The molecule has 2 heterocycles. The first-order valence-electron chi connectivity index (χ1n) is 11.1. The van der Waals surface area contributed by atoms with Crippen LogP contribution in [0.3, 0.4) is 0 Å². The lowest BCUT2D eigenvalue weighted by Crippen LogP contribution is -2.37. The number of amidine groups is 1. The van der Waals surface area contributed by atoms with Gasteiger partial charge in [0, 0.05) is 29.7 Å². The summed E-state index contributed by atoms with van der Waals surface area (Å²) in [6.45, 7) is 6.04. The molecule has 2 atom stereocenters. The molecule has 0 spiro atoms. The molecule has 2 unspecified atom stereocenters. The zero-order valence-electron chi connectivity index (χ0n) is 19.1. The summed E-state index contributed by atoms with van der Waals surface area (Å²) < 4.78 is 29.8. The summed E-state index contributed by atoms with van der Waals surface area (Å²) in [5.74, 6) is 0.670. The van der Waals surface area contributed by atoms with Crippen LogP contribution in [0.5, 0.6) is 5.75 Å². The number of methoxy groups -OCH3 is 1. The van der Waals surface area contributed by atoms with E-state index in [0.717, 1.165) is 35.8 Å². The topological polar surface area (TPSA) is 79.3 Å². The largest absolute Gasteiger partial charge is 0.497 e. The molecule has 0 aliphatic carbocycles. The third-order valence-corrected chi connectivity index (χ3v) is 9.27. The number of sulfone groups is 1. The van der Waals surface area contributed by atoms with Gasteiger partial charge >= 0.3 is 0 Å². The zero-order valence-corrected chi connectivity index (χ0v) is 20.7. The Labute approximate surface area is 199 Å². The number of benzene rings is 2. The van der Waals surface area contributed by atoms with Crippen LogP contribution in [-0.2, 0) is 21.1 Å². The lowest BCUT2D eigenvalue weighted by molar-refractivity contribution is -0.117. The molecule has 2 aromatic carbocycles. The van der Waals surface area contributed by atoms with Gasteiger partial charge in [-0.2, -0.15) is 4.99 Å². The highest BCUT2D eigenvalue weighted by atomic mass is 32.2. The molecule has 7 nitrogen and oxygen atoms in total. The Morgan fingerprint density at radius 1 is 1.09 bits per heavy atom. The average molecular weight is 488 g/mol. The summed E-state index contributed by atoms with van der Waals surface area (Å²) in [4.78, 5) is 21.4. The third kappa shape index (κ3) is 5.19. The molecule has 2 saturated heterocycles. The van der Waals surface area contributed by atoms with Crippen LogP contribution in [0, 0.1) is 0 Å². The fourth-order valence-corrected chi connectivity index (χ4v) is 8.27. The molecule has 2 fully saturated rings. The molecule has 0 radical (unpaired) electrons. The summed E-state index contributed by atoms with van der Waals surface area (Å²) in [6.07, 6.45) is 0.177. The normalized spacial score (nSPS) is 22.4. The van der Waals surface area contributed by atoms with E-state index in [-0.39, 0.29) is 35.1 Å². The number of nitrogens with zero attached hydrogens (tertiary/aromatic N) is 3. The Hall–Kier alpha value is -2.52. The van der Waals surface area contributed by atoms with Crippen molar-refractivity contribution < 1.29 is 17.9 Å². The molecule has 0 N–H and O–H groups in total. The van der Waals surface area contributed by atoms with E-state index in [0.29, 0.717) is 5.17 Å². The Kier molecular flexibility index (Phi) is 6.99. The van der Waals surface area contributed by atoms with Gasteiger partial charge in [0.2, 0.25) is 0 Å². The van der Waals surface area contributed by atoms with Gasteiger partial charge in [-0.25, -0.2) is 8.42 Å². The number of aliphatic imine (C=N–C) groups is 1. The van der Waals surface area contributed by atoms with Gasteiger partial charge in [0.1, 0.15) is 5.75 Å². The molecule has 2 aliphatic heterocycles. The van der Waals surface area contributed by atoms with Gasteiger partial charge < -0.3 is 14.5 Å². The SMILES string of the molecule is CCN(CC)c1ccc(N2C(=NC(=O)Cc3ccc(OC)cc3)SC3CS(=O)(=O)CC32)cc1. The summed E-state index contributed by atoms with van der Waals surface area (Å²) in [6, 6.07) is 15.2. The Balaban J connectivity index is 1.60. The number of thioether (sulfide) groups is 1. The Morgan fingerprint density at radius 2 is 1.76 bits per heavy atom. The maximum Gasteiger partial charge on any atom is 0.252 e. The van der Waals surface area contributed by atoms with Crippen LogP contribution in [0.15, 0.2) is 53.5 Å². The number of fused-ring (bicyclic) bond motifs is 1. The summed E-state index contributed by atoms with van der Waals surface area (Å²) >= 11 is 1.40. The zero-order chi connectivity index (χ0) is 23.6. The van der Waals surface area contributed by atoms with E-state index in [1.165, 1.54) is 11.8 Å². The standard InChI is InChI=1S/C24H29N3O4S2/c1-4-26(5-2)18-8-10-19(11-9-18)27-21-15-33(29,30)16-22(21)32-24(27)25-23(28)14-17-6-12-20(31-3)13-7-17/h6-13,21-22H,4-5,14-16H2,1-3H3. The molecule has 9 heteroatoms. The first-order valence-corrected chi connectivity index (χ1v) is 13.8. The molecule has 33 heavy (non-hydrogen) atoms. The minimum Gasteiger partial charge on any atom is -0.497 e. The molecule has 4 rings (SSSR count). The minimum atomic E-state index is -3.11. The first kappa shape index (κ1) is 23.6. The van der Waals surface area contributed by atoms with E-state index in [1.54, 1.807) is 7.11 Å². The maximum absolute atomic E-state index is 12.8. The van der Waals surface area contributed by atoms with Crippen LogP contribution < -0.4 is 14.5 Å². The van der Waals surface area contributed by atoms with E-state index in [4.69, 9.17) is 4.74 Å². The number of ether oxygens (including phenoxy) is 1. The molecule has 2 aliphatic rings. The van der Waals surface area contributed by atoms with Crippen LogP contribution in [0.1, 0.15) is 19.4 Å². The smallest absolute Gasteiger partial charge is 0.252 e. The number of carbonyl (C=O) groups excluding carboxylic acids is 1. The van der Waals surface area contributed by atoms with E-state index in [1.807, 2.05) is 53.4 Å². The Morgan fingerprint density at radius 3 is 2.36 bits per heavy atom. The molecule has 0 saturated carbocycles. The van der Waals surface area contributed by atoms with E-state index in [2.05, 4.69) is 23.7 Å². The van der Waals surface area contributed by atoms with Crippen molar-refractivity contribution in [1.29, 1.82) is 0 Å². The van der Waals surface area contributed by atoms with E-state index >= 15 is 0 Å². The van der Waals surface area contributed by atoms with Crippen molar-refractivity contribution >= 4 is 44.0 Å². The number of amides is 1. The average Bonchev–Trinajstić information content (AvgIpc) is 3.26. The van der Waals surface area contributed by atoms with Gasteiger partial charge in [-0.3, -0.25) is 4.79 Å². The van der Waals surface area contributed by atoms with Crippen LogP contribution in [0.2, 0.25) is 0 Å². The van der Waals surface area contributed by atoms with Gasteiger partial charge in [-0.1, -0.05) is 23.9 Å². The second-order valence-corrected chi connectivity index (χ2v) is 11.5. The van der Waals surface area contributed by atoms with E-state index < -0.39 is 9.84 Å². The third-order valence-electron chi connectivity index (χ3n) is 6.06. The van der Waals surface area contributed by atoms with Crippen LogP contribution >= 0.6 is 11.8 Å². The lowest BCUT2D eigenvalue weighted by Gasteiger charge is -2.26. The fraction of sp³-hybridized carbons (Fsp3) is 0.417. The van der Waals surface area contributed by atoms with Gasteiger partial charge in [0.25, 0.3) is 5.91 Å². The predicted molar refractivity (Wildman–Crippen MR) is 135 cm³/mol.